The van der Waals surface area contributed by atoms with Crippen LogP contribution in [0.4, 0.5) is 0 Å². The predicted octanol–water partition coefficient (Wildman–Crippen LogP) is 3.34. The maximum Gasteiger partial charge on any atom is 0.242 e. The summed E-state index contributed by atoms with van der Waals surface area (Å²) >= 11 is 12.0. The summed E-state index contributed by atoms with van der Waals surface area (Å²) in [5.74, 6) is 0.631. The largest absolute Gasteiger partial charge is 0.392 e. The lowest BCUT2D eigenvalue weighted by Crippen LogP contribution is -2.35. The van der Waals surface area contributed by atoms with Crippen molar-refractivity contribution >= 4 is 33.2 Å². The highest BCUT2D eigenvalue weighted by Crippen LogP contribution is 2.35. The summed E-state index contributed by atoms with van der Waals surface area (Å²) in [5, 5.41) is 9.50. The number of nitrogens with one attached hydrogen (secondary N) is 1. The van der Waals surface area contributed by atoms with Crippen LogP contribution in [-0.4, -0.2) is 19.6 Å². The molecule has 0 heterocycles. The number of aliphatic hydroxyl groups is 1. The van der Waals surface area contributed by atoms with Gasteiger partial charge in [0.2, 0.25) is 10.0 Å². The van der Waals surface area contributed by atoms with Crippen LogP contribution in [0.25, 0.3) is 0 Å². The van der Waals surface area contributed by atoms with Crippen molar-refractivity contribution in [3.05, 3.63) is 27.7 Å². The van der Waals surface area contributed by atoms with Crippen molar-refractivity contribution in [3.8, 4) is 0 Å². The van der Waals surface area contributed by atoms with E-state index in [1.165, 1.54) is 25.0 Å². The highest BCUT2D eigenvalue weighted by atomic mass is 35.5. The average Bonchev–Trinajstić information content (AvgIpc) is 3.21. The molecule has 2 rings (SSSR count). The predicted molar refractivity (Wildman–Crippen MR) is 84.1 cm³/mol. The fourth-order valence-electron chi connectivity index (χ4n) is 2.27. The van der Waals surface area contributed by atoms with Crippen LogP contribution in [0.2, 0.25) is 10.0 Å². The van der Waals surface area contributed by atoms with Gasteiger partial charge in [-0.05, 0) is 30.9 Å². The first-order valence-corrected chi connectivity index (χ1v) is 9.23. The standard InChI is InChI=1S/C14H19Cl2NO3S/c1-2-10(7-9-3-4-9)17-21(19,20)13-6-5-12(15)11(8-18)14(13)16/h5-6,9-10,17-18H,2-4,7-8H2,1H3. The molecule has 1 fully saturated rings. The molecule has 0 amide bonds. The third-order valence-electron chi connectivity index (χ3n) is 3.73. The van der Waals surface area contributed by atoms with Crippen LogP contribution in [0.15, 0.2) is 17.0 Å². The third kappa shape index (κ3) is 4.11. The van der Waals surface area contributed by atoms with E-state index in [4.69, 9.17) is 23.2 Å². The van der Waals surface area contributed by atoms with E-state index in [-0.39, 0.29) is 26.5 Å². The van der Waals surface area contributed by atoms with E-state index in [0.717, 1.165) is 12.8 Å². The van der Waals surface area contributed by atoms with E-state index in [1.54, 1.807) is 0 Å². The fourth-order valence-corrected chi connectivity index (χ4v) is 4.50. The van der Waals surface area contributed by atoms with Gasteiger partial charge in [0.25, 0.3) is 0 Å². The van der Waals surface area contributed by atoms with E-state index in [2.05, 4.69) is 4.72 Å². The molecule has 4 nitrogen and oxygen atoms in total. The van der Waals surface area contributed by atoms with Crippen LogP contribution in [0.5, 0.6) is 0 Å². The zero-order chi connectivity index (χ0) is 15.6. The molecule has 1 aliphatic rings. The van der Waals surface area contributed by atoms with Crippen LogP contribution >= 0.6 is 23.2 Å². The number of sulfonamides is 1. The number of aliphatic hydroxyl groups excluding tert-OH is 1. The highest BCUT2D eigenvalue weighted by Gasteiger charge is 2.29. The van der Waals surface area contributed by atoms with Crippen molar-refractivity contribution in [2.75, 3.05) is 0 Å². The van der Waals surface area contributed by atoms with Gasteiger partial charge in [-0.1, -0.05) is 43.0 Å². The van der Waals surface area contributed by atoms with Gasteiger partial charge in [0, 0.05) is 16.6 Å². The third-order valence-corrected chi connectivity index (χ3v) is 6.19. The topological polar surface area (TPSA) is 66.4 Å². The van der Waals surface area contributed by atoms with Crippen molar-refractivity contribution < 1.29 is 13.5 Å². The molecule has 2 N–H and O–H groups in total. The zero-order valence-electron chi connectivity index (χ0n) is 11.8. The lowest BCUT2D eigenvalue weighted by molar-refractivity contribution is 0.281. The molecule has 1 unspecified atom stereocenters. The second-order valence-corrected chi connectivity index (χ2v) is 7.87. The summed E-state index contributed by atoms with van der Waals surface area (Å²) in [7, 11) is -3.72. The fraction of sp³-hybridized carbons (Fsp3) is 0.571. The van der Waals surface area contributed by atoms with Crippen molar-refractivity contribution in [1.82, 2.24) is 4.72 Å². The quantitative estimate of drug-likeness (QED) is 0.791. The molecule has 0 radical (unpaired) electrons. The minimum atomic E-state index is -3.72. The van der Waals surface area contributed by atoms with Gasteiger partial charge in [0.05, 0.1) is 11.6 Å². The van der Waals surface area contributed by atoms with Gasteiger partial charge in [-0.2, -0.15) is 0 Å². The molecule has 0 spiro atoms. The van der Waals surface area contributed by atoms with Crippen LogP contribution in [0, 0.1) is 5.92 Å². The number of hydrogen-bond donors (Lipinski definition) is 2. The molecule has 7 heteroatoms. The van der Waals surface area contributed by atoms with Gasteiger partial charge >= 0.3 is 0 Å². The molecule has 0 aromatic heterocycles. The first kappa shape index (κ1) is 17.0. The summed E-state index contributed by atoms with van der Waals surface area (Å²) in [6, 6.07) is 2.72. The zero-order valence-corrected chi connectivity index (χ0v) is 14.1. The van der Waals surface area contributed by atoms with E-state index in [1.807, 2.05) is 6.92 Å². The van der Waals surface area contributed by atoms with Gasteiger partial charge < -0.3 is 5.11 Å². The Labute approximate surface area is 135 Å². The minimum Gasteiger partial charge on any atom is -0.392 e. The maximum atomic E-state index is 12.5. The lowest BCUT2D eigenvalue weighted by Gasteiger charge is -2.18. The maximum absolute atomic E-state index is 12.5. The van der Waals surface area contributed by atoms with Crippen molar-refractivity contribution in [1.29, 1.82) is 0 Å². The molecule has 1 atom stereocenters. The second-order valence-electron chi connectivity index (χ2n) is 5.40. The Bertz CT molecular complexity index is 615. The van der Waals surface area contributed by atoms with E-state index >= 15 is 0 Å². The number of hydrogen-bond acceptors (Lipinski definition) is 3. The Hall–Kier alpha value is -0.330. The van der Waals surface area contributed by atoms with E-state index in [9.17, 15) is 13.5 Å². The summed E-state index contributed by atoms with van der Waals surface area (Å²) in [5.41, 5.74) is 0.233. The molecule has 1 aromatic carbocycles. The SMILES string of the molecule is CCC(CC1CC1)NS(=O)(=O)c1ccc(Cl)c(CO)c1Cl. The van der Waals surface area contributed by atoms with Crippen LogP contribution in [0.3, 0.4) is 0 Å². The molecule has 1 saturated carbocycles. The molecule has 0 saturated heterocycles. The highest BCUT2D eigenvalue weighted by molar-refractivity contribution is 7.89. The Morgan fingerprint density at radius 1 is 1.38 bits per heavy atom. The summed E-state index contributed by atoms with van der Waals surface area (Å²) in [6.07, 6.45) is 3.94. The summed E-state index contributed by atoms with van der Waals surface area (Å²) in [4.78, 5) is -0.0353. The molecule has 21 heavy (non-hydrogen) atoms. The summed E-state index contributed by atoms with van der Waals surface area (Å²) < 4.78 is 27.7. The Morgan fingerprint density at radius 3 is 2.57 bits per heavy atom. The minimum absolute atomic E-state index is 0.0150. The molecule has 0 bridgehead atoms. The van der Waals surface area contributed by atoms with E-state index < -0.39 is 16.6 Å². The first-order valence-electron chi connectivity index (χ1n) is 6.99. The second kappa shape index (κ2) is 6.84. The van der Waals surface area contributed by atoms with Gasteiger partial charge in [0.1, 0.15) is 4.90 Å². The van der Waals surface area contributed by atoms with Crippen LogP contribution in [-0.2, 0) is 16.6 Å². The van der Waals surface area contributed by atoms with Gasteiger partial charge in [-0.15, -0.1) is 0 Å². The van der Waals surface area contributed by atoms with Crippen molar-refractivity contribution in [3.63, 3.8) is 0 Å². The Morgan fingerprint density at radius 2 is 2.05 bits per heavy atom. The van der Waals surface area contributed by atoms with Crippen LogP contribution < -0.4 is 4.72 Å². The normalized spacial score (nSPS) is 17.0. The van der Waals surface area contributed by atoms with Gasteiger partial charge in [0.15, 0.2) is 0 Å². The first-order chi connectivity index (χ1) is 9.89. The molecule has 1 aliphatic carbocycles. The lowest BCUT2D eigenvalue weighted by atomic mass is 10.1. The van der Waals surface area contributed by atoms with E-state index in [0.29, 0.717) is 5.92 Å². The van der Waals surface area contributed by atoms with Crippen molar-refractivity contribution in [2.24, 2.45) is 5.92 Å². The average molecular weight is 352 g/mol. The van der Waals surface area contributed by atoms with Crippen LogP contribution in [0.1, 0.15) is 38.2 Å². The van der Waals surface area contributed by atoms with Gasteiger partial charge in [-0.25, -0.2) is 13.1 Å². The molecule has 1 aromatic rings. The van der Waals surface area contributed by atoms with Crippen molar-refractivity contribution in [2.45, 2.75) is 50.2 Å². The van der Waals surface area contributed by atoms with Gasteiger partial charge in [-0.3, -0.25) is 0 Å². The number of halogens is 2. The molecular weight excluding hydrogens is 333 g/mol. The molecule has 118 valence electrons. The smallest absolute Gasteiger partial charge is 0.242 e. The molecular formula is C14H19Cl2NO3S. The summed E-state index contributed by atoms with van der Waals surface area (Å²) in [6.45, 7) is 1.55. The number of benzene rings is 1. The Balaban J connectivity index is 2.26. The number of rotatable bonds is 7. The molecule has 0 aliphatic heterocycles. The Kier molecular flexibility index (Phi) is 5.54. The monoisotopic (exact) mass is 351 g/mol.